The van der Waals surface area contributed by atoms with Crippen LogP contribution in [0.5, 0.6) is 11.5 Å². The fourth-order valence-electron chi connectivity index (χ4n) is 2.99. The highest BCUT2D eigenvalue weighted by atomic mass is 16.7. The Balaban J connectivity index is 1.56. The Morgan fingerprint density at radius 2 is 1.93 bits per heavy atom. The summed E-state index contributed by atoms with van der Waals surface area (Å²) in [4.78, 5) is 30.5. The van der Waals surface area contributed by atoms with Gasteiger partial charge in [0.1, 0.15) is 6.54 Å². The molecular weight excluding hydrogens is 346 g/mol. The lowest BCUT2D eigenvalue weighted by atomic mass is 10.1. The topological polar surface area (TPSA) is 80.8 Å². The van der Waals surface area contributed by atoms with Crippen LogP contribution in [-0.4, -0.2) is 30.1 Å². The zero-order valence-electron chi connectivity index (χ0n) is 14.6. The van der Waals surface area contributed by atoms with E-state index in [0.717, 1.165) is 5.39 Å². The number of para-hydroxylation sites is 1. The smallest absolute Gasteiger partial charge is 0.244 e. The van der Waals surface area contributed by atoms with Gasteiger partial charge >= 0.3 is 0 Å². The lowest BCUT2D eigenvalue weighted by molar-refractivity contribution is -0.120. The molecule has 1 aliphatic heterocycles. The van der Waals surface area contributed by atoms with Crippen LogP contribution in [0.4, 0.5) is 11.4 Å². The first-order valence-electron chi connectivity index (χ1n) is 8.43. The van der Waals surface area contributed by atoms with Crippen molar-refractivity contribution in [1.29, 1.82) is 0 Å². The van der Waals surface area contributed by atoms with Gasteiger partial charge in [0, 0.05) is 30.3 Å². The summed E-state index contributed by atoms with van der Waals surface area (Å²) in [5, 5.41) is 3.69. The number of aromatic nitrogens is 1. The molecule has 1 aromatic heterocycles. The molecule has 0 fully saturated rings. The quantitative estimate of drug-likeness (QED) is 0.771. The van der Waals surface area contributed by atoms with E-state index in [1.54, 1.807) is 30.5 Å². The van der Waals surface area contributed by atoms with Crippen LogP contribution in [0.15, 0.2) is 54.7 Å². The predicted octanol–water partition coefficient (Wildman–Crippen LogP) is 2.96. The standard InChI is InChI=1S/C20H17N3O4/c1-13(24)23(16-6-2-4-14-5-3-9-21-20(14)16)11-19(25)22-15-7-8-17-18(10-15)27-12-26-17/h2-10H,11-12H2,1H3,(H,22,25). The van der Waals surface area contributed by atoms with E-state index < -0.39 is 0 Å². The zero-order chi connectivity index (χ0) is 18.8. The minimum atomic E-state index is -0.322. The molecule has 136 valence electrons. The summed E-state index contributed by atoms with van der Waals surface area (Å²) < 4.78 is 10.6. The van der Waals surface area contributed by atoms with Crippen LogP contribution in [0.3, 0.4) is 0 Å². The van der Waals surface area contributed by atoms with Crippen molar-refractivity contribution in [1.82, 2.24) is 4.98 Å². The number of anilines is 2. The number of amides is 2. The van der Waals surface area contributed by atoms with Gasteiger partial charge in [-0.2, -0.15) is 0 Å². The molecule has 2 amide bonds. The number of hydrogen-bond donors (Lipinski definition) is 1. The van der Waals surface area contributed by atoms with Crippen LogP contribution in [0.25, 0.3) is 10.9 Å². The molecule has 0 atom stereocenters. The summed E-state index contributed by atoms with van der Waals surface area (Å²) in [7, 11) is 0. The molecule has 0 aliphatic carbocycles. The minimum Gasteiger partial charge on any atom is -0.454 e. The Morgan fingerprint density at radius 1 is 1.11 bits per heavy atom. The Hall–Kier alpha value is -3.61. The lowest BCUT2D eigenvalue weighted by Crippen LogP contribution is -2.36. The minimum absolute atomic E-state index is 0.126. The number of fused-ring (bicyclic) bond motifs is 2. The Morgan fingerprint density at radius 3 is 2.78 bits per heavy atom. The number of hydrogen-bond acceptors (Lipinski definition) is 5. The van der Waals surface area contributed by atoms with Gasteiger partial charge in [-0.3, -0.25) is 14.6 Å². The van der Waals surface area contributed by atoms with Gasteiger partial charge in [-0.25, -0.2) is 0 Å². The van der Waals surface area contributed by atoms with Crippen molar-refractivity contribution >= 4 is 34.1 Å². The fourth-order valence-corrected chi connectivity index (χ4v) is 2.99. The first kappa shape index (κ1) is 16.8. The third kappa shape index (κ3) is 3.39. The van der Waals surface area contributed by atoms with Crippen LogP contribution < -0.4 is 19.7 Å². The van der Waals surface area contributed by atoms with Crippen LogP contribution >= 0.6 is 0 Å². The molecule has 2 aromatic carbocycles. The van der Waals surface area contributed by atoms with Crippen LogP contribution in [0, 0.1) is 0 Å². The van der Waals surface area contributed by atoms with Crippen molar-refractivity contribution in [2.75, 3.05) is 23.6 Å². The number of rotatable bonds is 4. The molecule has 4 rings (SSSR count). The zero-order valence-corrected chi connectivity index (χ0v) is 14.6. The largest absolute Gasteiger partial charge is 0.454 e. The summed E-state index contributed by atoms with van der Waals surface area (Å²) >= 11 is 0. The monoisotopic (exact) mass is 363 g/mol. The SMILES string of the molecule is CC(=O)N(CC(=O)Nc1ccc2c(c1)OCO2)c1cccc2cccnc12. The summed E-state index contributed by atoms with van der Waals surface area (Å²) in [6.45, 7) is 1.47. The second-order valence-electron chi connectivity index (χ2n) is 6.07. The maximum Gasteiger partial charge on any atom is 0.244 e. The fraction of sp³-hybridized carbons (Fsp3) is 0.150. The average molecular weight is 363 g/mol. The highest BCUT2D eigenvalue weighted by Gasteiger charge is 2.20. The van der Waals surface area contributed by atoms with Crippen molar-refractivity contribution < 1.29 is 19.1 Å². The number of nitrogens with one attached hydrogen (secondary N) is 1. The van der Waals surface area contributed by atoms with E-state index in [1.807, 2.05) is 24.3 Å². The van der Waals surface area contributed by atoms with Gasteiger partial charge in [0.05, 0.1) is 11.2 Å². The van der Waals surface area contributed by atoms with Crippen molar-refractivity contribution in [3.8, 4) is 11.5 Å². The van der Waals surface area contributed by atoms with Gasteiger partial charge in [0.2, 0.25) is 18.6 Å². The van der Waals surface area contributed by atoms with E-state index in [-0.39, 0.29) is 25.2 Å². The molecule has 0 saturated carbocycles. The normalized spacial score (nSPS) is 12.0. The second kappa shape index (κ2) is 6.95. The number of nitrogens with zero attached hydrogens (tertiary/aromatic N) is 2. The van der Waals surface area contributed by atoms with Crippen LogP contribution in [0.2, 0.25) is 0 Å². The summed E-state index contributed by atoms with van der Waals surface area (Å²) in [5.41, 5.74) is 1.84. The van der Waals surface area contributed by atoms with Gasteiger partial charge in [-0.15, -0.1) is 0 Å². The van der Waals surface area contributed by atoms with Crippen molar-refractivity contribution in [3.05, 3.63) is 54.7 Å². The van der Waals surface area contributed by atoms with Gasteiger partial charge < -0.3 is 19.7 Å². The van der Waals surface area contributed by atoms with Gasteiger partial charge in [0.25, 0.3) is 0 Å². The molecule has 27 heavy (non-hydrogen) atoms. The third-order valence-electron chi connectivity index (χ3n) is 4.24. The molecule has 1 N–H and O–H groups in total. The van der Waals surface area contributed by atoms with Crippen LogP contribution in [-0.2, 0) is 9.59 Å². The summed E-state index contributed by atoms with van der Waals surface area (Å²) in [5.74, 6) is 0.653. The van der Waals surface area contributed by atoms with E-state index in [4.69, 9.17) is 9.47 Å². The summed E-state index contributed by atoms with van der Waals surface area (Å²) in [6, 6.07) is 14.4. The van der Waals surface area contributed by atoms with Crippen LogP contribution in [0.1, 0.15) is 6.92 Å². The van der Waals surface area contributed by atoms with E-state index in [1.165, 1.54) is 11.8 Å². The average Bonchev–Trinajstić information content (AvgIpc) is 3.13. The van der Waals surface area contributed by atoms with Gasteiger partial charge in [0.15, 0.2) is 11.5 Å². The van der Waals surface area contributed by atoms with Gasteiger partial charge in [-0.05, 0) is 24.3 Å². The highest BCUT2D eigenvalue weighted by Crippen LogP contribution is 2.34. The number of carbonyl (C=O) groups is 2. The van der Waals surface area contributed by atoms with E-state index in [0.29, 0.717) is 28.4 Å². The Labute approximate surface area is 155 Å². The molecule has 0 spiro atoms. The molecule has 7 nitrogen and oxygen atoms in total. The number of pyridine rings is 1. The Kier molecular flexibility index (Phi) is 4.33. The molecule has 0 radical (unpaired) electrons. The highest BCUT2D eigenvalue weighted by molar-refractivity contribution is 6.06. The van der Waals surface area contributed by atoms with E-state index in [2.05, 4.69) is 10.3 Å². The molecule has 7 heteroatoms. The first-order chi connectivity index (χ1) is 13.1. The Bertz CT molecular complexity index is 1030. The van der Waals surface area contributed by atoms with Gasteiger partial charge in [-0.1, -0.05) is 18.2 Å². The lowest BCUT2D eigenvalue weighted by Gasteiger charge is -2.22. The molecule has 0 unspecified atom stereocenters. The first-order valence-corrected chi connectivity index (χ1v) is 8.43. The number of carbonyl (C=O) groups excluding carboxylic acids is 2. The predicted molar refractivity (Wildman–Crippen MR) is 101 cm³/mol. The molecular formula is C20H17N3O4. The van der Waals surface area contributed by atoms with E-state index >= 15 is 0 Å². The molecule has 2 heterocycles. The number of benzene rings is 2. The van der Waals surface area contributed by atoms with Crippen molar-refractivity contribution in [3.63, 3.8) is 0 Å². The maximum absolute atomic E-state index is 12.5. The second-order valence-corrected chi connectivity index (χ2v) is 6.07. The molecule has 0 saturated heterocycles. The molecule has 0 bridgehead atoms. The van der Waals surface area contributed by atoms with Crippen molar-refractivity contribution in [2.45, 2.75) is 6.92 Å². The van der Waals surface area contributed by atoms with E-state index in [9.17, 15) is 9.59 Å². The third-order valence-corrected chi connectivity index (χ3v) is 4.24. The summed E-state index contributed by atoms with van der Waals surface area (Å²) in [6.07, 6.45) is 1.66. The molecule has 3 aromatic rings. The van der Waals surface area contributed by atoms with Crippen molar-refractivity contribution in [2.24, 2.45) is 0 Å². The molecule has 1 aliphatic rings. The number of ether oxygens (including phenoxy) is 2. The maximum atomic E-state index is 12.5.